The summed E-state index contributed by atoms with van der Waals surface area (Å²) in [5.74, 6) is 1.26. The molecule has 2 N–H and O–H groups in total. The number of nitrogens with two attached hydrogens (primary N) is 1. The highest BCUT2D eigenvalue weighted by atomic mass is 14.6. The van der Waals surface area contributed by atoms with Crippen molar-refractivity contribution in [2.45, 2.75) is 46.0 Å². The highest BCUT2D eigenvalue weighted by molar-refractivity contribution is 6.08. The highest BCUT2D eigenvalue weighted by Gasteiger charge is 2.17. The van der Waals surface area contributed by atoms with Gasteiger partial charge < -0.3 is 5.73 Å². The second kappa shape index (κ2) is 5.65. The largest absolute Gasteiger partial charge is 0.328 e. The fraction of sp³-hybridized carbons (Fsp3) is 1.00. The van der Waals surface area contributed by atoms with Crippen LogP contribution >= 0.6 is 0 Å². The van der Waals surface area contributed by atoms with Gasteiger partial charge in [-0.1, -0.05) is 33.5 Å². The fourth-order valence-electron chi connectivity index (χ4n) is 1.55. The van der Waals surface area contributed by atoms with E-state index >= 15 is 0 Å². The maximum Gasteiger partial charge on any atom is 0.0674 e. The van der Waals surface area contributed by atoms with E-state index in [-0.39, 0.29) is 6.04 Å². The van der Waals surface area contributed by atoms with Crippen LogP contribution in [-0.2, 0) is 0 Å². The van der Waals surface area contributed by atoms with Gasteiger partial charge in [-0.25, -0.2) is 0 Å². The molecular formula is C9H20BN. The van der Waals surface area contributed by atoms with Gasteiger partial charge in [-0.15, -0.1) is 0 Å². The maximum absolute atomic E-state index is 5.88. The summed E-state index contributed by atoms with van der Waals surface area (Å²) in [5.41, 5.74) is 5.88. The van der Waals surface area contributed by atoms with Gasteiger partial charge in [-0.3, -0.25) is 0 Å². The SMILES string of the molecule is [B]CC(N)[C@H](CCC)C(C)C. The molecular weight excluding hydrogens is 133 g/mol. The Balaban J connectivity index is 3.87. The Labute approximate surface area is 72.2 Å². The summed E-state index contributed by atoms with van der Waals surface area (Å²) in [5, 5.41) is 0. The highest BCUT2D eigenvalue weighted by Crippen LogP contribution is 2.21. The molecule has 2 atom stereocenters. The van der Waals surface area contributed by atoms with Crippen LogP contribution in [0.3, 0.4) is 0 Å². The molecule has 0 amide bonds. The minimum atomic E-state index is 0.190. The molecule has 2 heteroatoms. The molecule has 0 heterocycles. The summed E-state index contributed by atoms with van der Waals surface area (Å²) in [6.07, 6.45) is 3.02. The monoisotopic (exact) mass is 153 g/mol. The van der Waals surface area contributed by atoms with Gasteiger partial charge in [0.25, 0.3) is 0 Å². The molecule has 0 saturated heterocycles. The number of hydrogen-bond donors (Lipinski definition) is 1. The van der Waals surface area contributed by atoms with E-state index in [2.05, 4.69) is 20.8 Å². The van der Waals surface area contributed by atoms with Crippen LogP contribution in [0.15, 0.2) is 0 Å². The predicted molar refractivity (Wildman–Crippen MR) is 51.8 cm³/mol. The molecule has 64 valence electrons. The van der Waals surface area contributed by atoms with Gasteiger partial charge in [-0.2, -0.15) is 0 Å². The van der Waals surface area contributed by atoms with E-state index < -0.39 is 0 Å². The van der Waals surface area contributed by atoms with Crippen LogP contribution in [0.25, 0.3) is 0 Å². The van der Waals surface area contributed by atoms with Crippen molar-refractivity contribution in [2.75, 3.05) is 0 Å². The first-order valence-electron chi connectivity index (χ1n) is 4.59. The van der Waals surface area contributed by atoms with Crippen molar-refractivity contribution in [3.8, 4) is 0 Å². The number of hydrogen-bond acceptors (Lipinski definition) is 1. The van der Waals surface area contributed by atoms with E-state index in [1.807, 2.05) is 0 Å². The van der Waals surface area contributed by atoms with Gasteiger partial charge in [-0.05, 0) is 24.3 Å². The summed E-state index contributed by atoms with van der Waals surface area (Å²) in [6, 6.07) is 0.190. The van der Waals surface area contributed by atoms with E-state index in [1.54, 1.807) is 0 Å². The van der Waals surface area contributed by atoms with Crippen molar-refractivity contribution in [1.29, 1.82) is 0 Å². The van der Waals surface area contributed by atoms with E-state index in [9.17, 15) is 0 Å². The Bertz CT molecular complexity index is 93.6. The van der Waals surface area contributed by atoms with Crippen LogP contribution in [0, 0.1) is 11.8 Å². The quantitative estimate of drug-likeness (QED) is 0.600. The summed E-state index contributed by atoms with van der Waals surface area (Å²) >= 11 is 0. The van der Waals surface area contributed by atoms with Gasteiger partial charge in [0.05, 0.1) is 7.85 Å². The summed E-state index contributed by atoms with van der Waals surface area (Å²) in [6.45, 7) is 6.63. The van der Waals surface area contributed by atoms with Crippen LogP contribution in [0.2, 0.25) is 6.32 Å². The molecule has 0 spiro atoms. The predicted octanol–water partition coefficient (Wildman–Crippen LogP) is 1.97. The molecule has 0 aliphatic rings. The third-order valence-corrected chi connectivity index (χ3v) is 2.30. The molecule has 0 rings (SSSR count). The molecule has 11 heavy (non-hydrogen) atoms. The van der Waals surface area contributed by atoms with Crippen molar-refractivity contribution in [1.82, 2.24) is 0 Å². The van der Waals surface area contributed by atoms with E-state index in [0.717, 1.165) is 0 Å². The van der Waals surface area contributed by atoms with Gasteiger partial charge in [0.2, 0.25) is 0 Å². The first-order chi connectivity index (χ1) is 5.13. The van der Waals surface area contributed by atoms with E-state index in [1.165, 1.54) is 12.8 Å². The summed E-state index contributed by atoms with van der Waals surface area (Å²) < 4.78 is 0. The Morgan fingerprint density at radius 2 is 1.91 bits per heavy atom. The maximum atomic E-state index is 5.88. The van der Waals surface area contributed by atoms with Crippen LogP contribution < -0.4 is 5.73 Å². The van der Waals surface area contributed by atoms with Gasteiger partial charge in [0.15, 0.2) is 0 Å². The molecule has 2 radical (unpaired) electrons. The van der Waals surface area contributed by atoms with Gasteiger partial charge >= 0.3 is 0 Å². The number of rotatable bonds is 5. The smallest absolute Gasteiger partial charge is 0.0674 e. The lowest BCUT2D eigenvalue weighted by Gasteiger charge is -2.26. The average molecular weight is 153 g/mol. The zero-order valence-corrected chi connectivity index (χ0v) is 8.01. The normalized spacial score (nSPS) is 16.8. The molecule has 0 aromatic heterocycles. The first kappa shape index (κ1) is 11.0. The third kappa shape index (κ3) is 3.81. The fourth-order valence-corrected chi connectivity index (χ4v) is 1.55. The molecule has 0 saturated carbocycles. The van der Waals surface area contributed by atoms with E-state index in [0.29, 0.717) is 18.2 Å². The average Bonchev–Trinajstić information content (AvgIpc) is 1.98. The van der Waals surface area contributed by atoms with Crippen LogP contribution in [0.4, 0.5) is 0 Å². The Morgan fingerprint density at radius 1 is 1.36 bits per heavy atom. The molecule has 0 aliphatic carbocycles. The minimum Gasteiger partial charge on any atom is -0.328 e. The van der Waals surface area contributed by atoms with Crippen molar-refractivity contribution >= 4 is 7.85 Å². The van der Waals surface area contributed by atoms with Crippen molar-refractivity contribution in [3.05, 3.63) is 0 Å². The van der Waals surface area contributed by atoms with Crippen LogP contribution in [0.1, 0.15) is 33.6 Å². The van der Waals surface area contributed by atoms with Gasteiger partial charge in [0, 0.05) is 0 Å². The first-order valence-corrected chi connectivity index (χ1v) is 4.59. The zero-order valence-electron chi connectivity index (χ0n) is 8.01. The molecule has 0 aromatic rings. The van der Waals surface area contributed by atoms with Crippen molar-refractivity contribution in [2.24, 2.45) is 17.6 Å². The Kier molecular flexibility index (Phi) is 5.66. The Hall–Kier alpha value is 0.0249. The lowest BCUT2D eigenvalue weighted by Crippen LogP contribution is -2.32. The summed E-state index contributed by atoms with van der Waals surface area (Å²) in [4.78, 5) is 0. The Morgan fingerprint density at radius 3 is 2.18 bits per heavy atom. The minimum absolute atomic E-state index is 0.190. The third-order valence-electron chi connectivity index (χ3n) is 2.30. The molecule has 0 aliphatic heterocycles. The lowest BCUT2D eigenvalue weighted by molar-refractivity contribution is 0.308. The van der Waals surface area contributed by atoms with Crippen molar-refractivity contribution < 1.29 is 0 Å². The molecule has 1 nitrogen and oxygen atoms in total. The van der Waals surface area contributed by atoms with Crippen LogP contribution in [0.5, 0.6) is 0 Å². The van der Waals surface area contributed by atoms with Crippen LogP contribution in [-0.4, -0.2) is 13.9 Å². The van der Waals surface area contributed by atoms with E-state index in [4.69, 9.17) is 13.6 Å². The topological polar surface area (TPSA) is 26.0 Å². The standard InChI is InChI=1S/C9H20BN/c1-4-5-8(7(2)3)9(11)6-10/h7-9H,4-6,11H2,1-3H3/t8-,9?/m1/s1. The summed E-state index contributed by atoms with van der Waals surface area (Å²) in [7, 11) is 5.52. The second-order valence-corrected chi connectivity index (χ2v) is 3.60. The lowest BCUT2D eigenvalue weighted by atomic mass is 9.79. The molecule has 0 bridgehead atoms. The zero-order chi connectivity index (χ0) is 8.85. The molecule has 0 aromatic carbocycles. The second-order valence-electron chi connectivity index (χ2n) is 3.60. The molecule has 1 unspecified atom stereocenters. The van der Waals surface area contributed by atoms with Gasteiger partial charge in [0.1, 0.15) is 0 Å². The van der Waals surface area contributed by atoms with Crippen molar-refractivity contribution in [3.63, 3.8) is 0 Å². The molecule has 0 fully saturated rings.